The minimum absolute atomic E-state index is 0.265. The molecule has 19 heavy (non-hydrogen) atoms. The Hall–Kier alpha value is -1.65. The van der Waals surface area contributed by atoms with Gasteiger partial charge in [-0.15, -0.1) is 0 Å². The first-order valence-corrected chi connectivity index (χ1v) is 6.70. The van der Waals surface area contributed by atoms with Gasteiger partial charge in [-0.25, -0.2) is 8.78 Å². The molecule has 1 aromatic carbocycles. The van der Waals surface area contributed by atoms with Crippen LogP contribution in [0.4, 0.5) is 8.78 Å². The number of halogens is 2. The predicted octanol–water partition coefficient (Wildman–Crippen LogP) is 2.58. The Balaban J connectivity index is 1.93. The van der Waals surface area contributed by atoms with Crippen molar-refractivity contribution in [1.82, 2.24) is 4.90 Å². The highest BCUT2D eigenvalue weighted by Gasteiger charge is 2.35. The number of benzene rings is 1. The fourth-order valence-electron chi connectivity index (χ4n) is 3.15. The second-order valence-corrected chi connectivity index (χ2v) is 5.23. The normalized spacial score (nSPS) is 24.0. The fraction of sp³-hybridized carbons (Fsp3) is 0.500. The highest BCUT2D eigenvalue weighted by atomic mass is 19.1. The van der Waals surface area contributed by atoms with Crippen LogP contribution in [-0.4, -0.2) is 23.4 Å². The predicted molar refractivity (Wildman–Crippen MR) is 69.7 cm³/mol. The maximum absolute atomic E-state index is 13.9. The molecule has 0 saturated heterocycles. The van der Waals surface area contributed by atoms with Gasteiger partial charge in [0.05, 0.1) is 12.6 Å². The van der Waals surface area contributed by atoms with Crippen molar-refractivity contribution in [3.8, 4) is 0 Å². The van der Waals surface area contributed by atoms with E-state index in [2.05, 4.69) is 4.99 Å². The molecule has 0 amide bonds. The molecule has 3 nitrogen and oxygen atoms in total. The molecule has 2 aliphatic rings. The van der Waals surface area contributed by atoms with E-state index in [4.69, 9.17) is 5.73 Å². The fourth-order valence-corrected chi connectivity index (χ4v) is 3.15. The number of hydrogen-bond donors (Lipinski definition) is 1. The Bertz CT molecular complexity index is 509. The molecule has 1 heterocycles. The van der Waals surface area contributed by atoms with Gasteiger partial charge in [0.25, 0.3) is 0 Å². The molecule has 0 radical (unpaired) electrons. The van der Waals surface area contributed by atoms with Crippen LogP contribution in [0, 0.1) is 11.6 Å². The van der Waals surface area contributed by atoms with Crippen molar-refractivity contribution in [2.24, 2.45) is 10.7 Å². The Labute approximate surface area is 111 Å². The standard InChI is InChI=1S/C14H17F2N3/c15-9-5-6-12(16)11(7-9)13-8-18-14(17)19(13)10-3-1-2-4-10/h5-7,10,13H,1-4,8H2,(H2,17,18). The first kappa shape index (κ1) is 12.4. The monoisotopic (exact) mass is 265 g/mol. The molecule has 1 saturated carbocycles. The third-order valence-electron chi connectivity index (χ3n) is 4.06. The van der Waals surface area contributed by atoms with Crippen LogP contribution in [0.3, 0.4) is 0 Å². The zero-order valence-electron chi connectivity index (χ0n) is 10.6. The van der Waals surface area contributed by atoms with E-state index in [1.54, 1.807) is 0 Å². The first-order valence-electron chi connectivity index (χ1n) is 6.70. The lowest BCUT2D eigenvalue weighted by molar-refractivity contribution is 0.257. The van der Waals surface area contributed by atoms with Crippen LogP contribution in [0.25, 0.3) is 0 Å². The van der Waals surface area contributed by atoms with Crippen molar-refractivity contribution in [3.63, 3.8) is 0 Å². The van der Waals surface area contributed by atoms with Crippen LogP contribution in [0.15, 0.2) is 23.2 Å². The Morgan fingerprint density at radius 2 is 1.95 bits per heavy atom. The van der Waals surface area contributed by atoms with E-state index in [-0.39, 0.29) is 11.9 Å². The lowest BCUT2D eigenvalue weighted by Crippen LogP contribution is -2.42. The molecule has 1 aromatic rings. The molecular formula is C14H17F2N3. The van der Waals surface area contributed by atoms with Gasteiger partial charge < -0.3 is 10.6 Å². The van der Waals surface area contributed by atoms with E-state index in [0.717, 1.165) is 31.7 Å². The summed E-state index contributed by atoms with van der Waals surface area (Å²) in [5.41, 5.74) is 6.29. The Kier molecular flexibility index (Phi) is 3.12. The van der Waals surface area contributed by atoms with Crippen LogP contribution < -0.4 is 5.73 Å². The summed E-state index contributed by atoms with van der Waals surface area (Å²) in [5.74, 6) is -0.354. The van der Waals surface area contributed by atoms with Crippen molar-refractivity contribution < 1.29 is 8.78 Å². The lowest BCUT2D eigenvalue weighted by Gasteiger charge is -2.32. The Morgan fingerprint density at radius 1 is 1.21 bits per heavy atom. The van der Waals surface area contributed by atoms with Crippen molar-refractivity contribution in [2.45, 2.75) is 37.8 Å². The van der Waals surface area contributed by atoms with Gasteiger partial charge in [0.15, 0.2) is 5.96 Å². The smallest absolute Gasteiger partial charge is 0.192 e. The number of nitrogens with zero attached hydrogens (tertiary/aromatic N) is 2. The molecule has 0 aromatic heterocycles. The largest absolute Gasteiger partial charge is 0.370 e. The Morgan fingerprint density at radius 3 is 2.68 bits per heavy atom. The van der Waals surface area contributed by atoms with E-state index in [9.17, 15) is 8.78 Å². The molecule has 1 aliphatic heterocycles. The van der Waals surface area contributed by atoms with Gasteiger partial charge in [0.2, 0.25) is 0 Å². The SMILES string of the molecule is NC1=NCC(c2cc(F)ccc2F)N1C1CCCC1. The van der Waals surface area contributed by atoms with Crippen molar-refractivity contribution in [1.29, 1.82) is 0 Å². The van der Waals surface area contributed by atoms with Crippen LogP contribution >= 0.6 is 0 Å². The van der Waals surface area contributed by atoms with Gasteiger partial charge in [0, 0.05) is 11.6 Å². The second kappa shape index (κ2) is 4.79. The number of nitrogens with two attached hydrogens (primary N) is 1. The molecule has 3 rings (SSSR count). The van der Waals surface area contributed by atoms with Gasteiger partial charge in [-0.2, -0.15) is 0 Å². The summed E-state index contributed by atoms with van der Waals surface area (Å²) in [7, 11) is 0. The average molecular weight is 265 g/mol. The lowest BCUT2D eigenvalue weighted by atomic mass is 10.0. The molecule has 0 spiro atoms. The van der Waals surface area contributed by atoms with E-state index < -0.39 is 5.82 Å². The van der Waals surface area contributed by atoms with E-state index in [0.29, 0.717) is 24.1 Å². The summed E-state index contributed by atoms with van der Waals surface area (Å²) in [4.78, 5) is 6.20. The number of hydrogen-bond acceptors (Lipinski definition) is 3. The molecule has 2 N–H and O–H groups in total. The molecule has 1 unspecified atom stereocenters. The van der Waals surface area contributed by atoms with Crippen LogP contribution in [0.1, 0.15) is 37.3 Å². The quantitative estimate of drug-likeness (QED) is 0.893. The third kappa shape index (κ3) is 2.17. The summed E-state index contributed by atoms with van der Waals surface area (Å²) < 4.78 is 27.3. The molecule has 102 valence electrons. The average Bonchev–Trinajstić information content (AvgIpc) is 3.01. The summed E-state index contributed by atoms with van der Waals surface area (Å²) in [6.07, 6.45) is 4.41. The van der Waals surface area contributed by atoms with Gasteiger partial charge in [-0.05, 0) is 31.0 Å². The van der Waals surface area contributed by atoms with Gasteiger partial charge in [0.1, 0.15) is 11.6 Å². The molecule has 1 atom stereocenters. The van der Waals surface area contributed by atoms with E-state index in [1.165, 1.54) is 12.1 Å². The maximum Gasteiger partial charge on any atom is 0.192 e. The minimum atomic E-state index is -0.423. The van der Waals surface area contributed by atoms with Crippen LogP contribution in [0.2, 0.25) is 0 Å². The summed E-state index contributed by atoms with van der Waals surface area (Å²) >= 11 is 0. The molecule has 5 heteroatoms. The van der Waals surface area contributed by atoms with Gasteiger partial charge >= 0.3 is 0 Å². The third-order valence-corrected chi connectivity index (χ3v) is 4.06. The van der Waals surface area contributed by atoms with Crippen molar-refractivity contribution in [2.75, 3.05) is 6.54 Å². The maximum atomic E-state index is 13.9. The number of aliphatic imine (C=N–C) groups is 1. The topological polar surface area (TPSA) is 41.6 Å². The minimum Gasteiger partial charge on any atom is -0.370 e. The van der Waals surface area contributed by atoms with E-state index >= 15 is 0 Å². The van der Waals surface area contributed by atoms with E-state index in [1.807, 2.05) is 4.90 Å². The summed E-state index contributed by atoms with van der Waals surface area (Å²) in [6, 6.07) is 3.61. The van der Waals surface area contributed by atoms with Crippen molar-refractivity contribution in [3.05, 3.63) is 35.4 Å². The summed E-state index contributed by atoms with van der Waals surface area (Å²) in [6.45, 7) is 0.405. The summed E-state index contributed by atoms with van der Waals surface area (Å²) in [5, 5.41) is 0. The highest BCUT2D eigenvalue weighted by molar-refractivity contribution is 5.80. The molecule has 1 aliphatic carbocycles. The van der Waals surface area contributed by atoms with Gasteiger partial charge in [-0.1, -0.05) is 12.8 Å². The first-order chi connectivity index (χ1) is 9.16. The van der Waals surface area contributed by atoms with Crippen LogP contribution in [-0.2, 0) is 0 Å². The molecule has 1 fully saturated rings. The molecule has 0 bridgehead atoms. The van der Waals surface area contributed by atoms with Crippen molar-refractivity contribution >= 4 is 5.96 Å². The van der Waals surface area contributed by atoms with Crippen LogP contribution in [0.5, 0.6) is 0 Å². The number of guanidine groups is 1. The van der Waals surface area contributed by atoms with Gasteiger partial charge in [-0.3, -0.25) is 4.99 Å². The molecular weight excluding hydrogens is 248 g/mol. The zero-order valence-corrected chi connectivity index (χ0v) is 10.6. The number of rotatable bonds is 2. The second-order valence-electron chi connectivity index (χ2n) is 5.23. The highest BCUT2D eigenvalue weighted by Crippen LogP contribution is 2.35. The zero-order chi connectivity index (χ0) is 13.4.